The Hall–Kier alpha value is 0.01000. The molecule has 1 aliphatic rings. The van der Waals surface area contributed by atoms with Crippen molar-refractivity contribution in [1.82, 2.24) is 0 Å². The minimum Gasteiger partial charge on any atom is -0.394 e. The van der Waals surface area contributed by atoms with E-state index in [1.165, 1.54) is 32.1 Å². The van der Waals surface area contributed by atoms with E-state index in [9.17, 15) is 0 Å². The molecule has 0 aliphatic heterocycles. The van der Waals surface area contributed by atoms with Crippen molar-refractivity contribution in [2.45, 2.75) is 43.4 Å². The standard InChI is InChI=1S/C10H19NOS/c11-9(8-12)6-7-13-10-4-2-1-3-5-10/h6-7,9-10,12H,1-5,8,11H2/b7-6+. The molecule has 0 radical (unpaired) electrons. The van der Waals surface area contributed by atoms with Crippen molar-refractivity contribution in [2.24, 2.45) is 5.73 Å². The highest BCUT2D eigenvalue weighted by atomic mass is 32.2. The summed E-state index contributed by atoms with van der Waals surface area (Å²) >= 11 is 1.87. The molecule has 0 spiro atoms. The molecule has 1 saturated carbocycles. The number of aliphatic hydroxyl groups excluding tert-OH is 1. The van der Waals surface area contributed by atoms with Gasteiger partial charge in [-0.2, -0.15) is 0 Å². The zero-order valence-corrected chi connectivity index (χ0v) is 8.80. The summed E-state index contributed by atoms with van der Waals surface area (Å²) < 4.78 is 0. The van der Waals surface area contributed by atoms with Crippen molar-refractivity contribution < 1.29 is 5.11 Å². The van der Waals surface area contributed by atoms with E-state index in [0.717, 1.165) is 5.25 Å². The first kappa shape index (κ1) is 11.1. The van der Waals surface area contributed by atoms with Crippen molar-refractivity contribution in [3.63, 3.8) is 0 Å². The molecule has 0 aromatic rings. The Morgan fingerprint density at radius 2 is 2.08 bits per heavy atom. The summed E-state index contributed by atoms with van der Waals surface area (Å²) in [4.78, 5) is 0. The average Bonchev–Trinajstić information content (AvgIpc) is 2.19. The summed E-state index contributed by atoms with van der Waals surface area (Å²) in [6, 6.07) is -0.184. The Kier molecular flexibility index (Phi) is 5.51. The molecular formula is C10H19NOS. The maximum absolute atomic E-state index is 8.69. The van der Waals surface area contributed by atoms with Crippen molar-refractivity contribution in [3.8, 4) is 0 Å². The lowest BCUT2D eigenvalue weighted by Gasteiger charge is -2.19. The third kappa shape index (κ3) is 4.69. The van der Waals surface area contributed by atoms with Gasteiger partial charge in [-0.05, 0) is 18.2 Å². The second-order valence-corrected chi connectivity index (χ2v) is 4.78. The fourth-order valence-electron chi connectivity index (χ4n) is 1.52. The Morgan fingerprint density at radius 1 is 1.38 bits per heavy atom. The zero-order chi connectivity index (χ0) is 9.52. The van der Waals surface area contributed by atoms with Crippen LogP contribution in [-0.2, 0) is 0 Å². The van der Waals surface area contributed by atoms with Gasteiger partial charge in [-0.25, -0.2) is 0 Å². The Morgan fingerprint density at radius 3 is 2.69 bits per heavy atom. The molecule has 13 heavy (non-hydrogen) atoms. The molecule has 3 N–H and O–H groups in total. The lowest BCUT2D eigenvalue weighted by molar-refractivity contribution is 0.284. The number of rotatable bonds is 4. The molecule has 76 valence electrons. The second kappa shape index (κ2) is 6.46. The van der Waals surface area contributed by atoms with Gasteiger partial charge in [0, 0.05) is 11.3 Å². The smallest absolute Gasteiger partial charge is 0.0618 e. The van der Waals surface area contributed by atoms with Gasteiger partial charge in [-0.3, -0.25) is 0 Å². The fraction of sp³-hybridized carbons (Fsp3) is 0.800. The van der Waals surface area contributed by atoms with Crippen molar-refractivity contribution in [3.05, 3.63) is 11.5 Å². The van der Waals surface area contributed by atoms with Gasteiger partial charge < -0.3 is 10.8 Å². The maximum Gasteiger partial charge on any atom is 0.0618 e. The number of thioether (sulfide) groups is 1. The van der Waals surface area contributed by atoms with Crippen LogP contribution in [0.5, 0.6) is 0 Å². The molecule has 0 saturated heterocycles. The number of aliphatic hydroxyl groups is 1. The first-order valence-corrected chi connectivity index (χ1v) is 5.96. The molecule has 1 fully saturated rings. The van der Waals surface area contributed by atoms with E-state index < -0.39 is 0 Å². The van der Waals surface area contributed by atoms with E-state index in [1.54, 1.807) is 0 Å². The number of nitrogens with two attached hydrogens (primary N) is 1. The van der Waals surface area contributed by atoms with Gasteiger partial charge in [0.2, 0.25) is 0 Å². The van der Waals surface area contributed by atoms with Gasteiger partial charge in [0.25, 0.3) is 0 Å². The highest BCUT2D eigenvalue weighted by molar-refractivity contribution is 8.02. The van der Waals surface area contributed by atoms with Crippen LogP contribution in [0, 0.1) is 0 Å². The molecule has 0 bridgehead atoms. The van der Waals surface area contributed by atoms with Gasteiger partial charge >= 0.3 is 0 Å². The van der Waals surface area contributed by atoms with E-state index >= 15 is 0 Å². The van der Waals surface area contributed by atoms with Crippen LogP contribution in [0.4, 0.5) is 0 Å². The molecule has 1 aliphatic carbocycles. The fourth-order valence-corrected chi connectivity index (χ4v) is 2.64. The zero-order valence-electron chi connectivity index (χ0n) is 7.98. The average molecular weight is 201 g/mol. The van der Waals surface area contributed by atoms with Crippen LogP contribution in [0.1, 0.15) is 32.1 Å². The van der Waals surface area contributed by atoms with Crippen LogP contribution in [0.15, 0.2) is 11.5 Å². The van der Waals surface area contributed by atoms with Crippen LogP contribution in [0.3, 0.4) is 0 Å². The molecule has 2 nitrogen and oxygen atoms in total. The third-order valence-electron chi connectivity index (χ3n) is 2.36. The molecule has 0 aromatic heterocycles. The molecule has 3 heteroatoms. The number of hydrogen-bond donors (Lipinski definition) is 2. The SMILES string of the molecule is NC(/C=C/SC1CCCCC1)CO. The van der Waals surface area contributed by atoms with Gasteiger partial charge in [0.05, 0.1) is 6.61 Å². The predicted octanol–water partition coefficient (Wildman–Crippen LogP) is 1.89. The first-order chi connectivity index (χ1) is 6.33. The maximum atomic E-state index is 8.69. The third-order valence-corrected chi connectivity index (χ3v) is 3.53. The lowest BCUT2D eigenvalue weighted by Crippen LogP contribution is -2.20. The molecule has 0 heterocycles. The van der Waals surface area contributed by atoms with Gasteiger partial charge in [0.1, 0.15) is 0 Å². The monoisotopic (exact) mass is 201 g/mol. The molecular weight excluding hydrogens is 182 g/mol. The summed E-state index contributed by atoms with van der Waals surface area (Å²) in [6.07, 6.45) is 8.71. The second-order valence-electron chi connectivity index (χ2n) is 3.57. The van der Waals surface area contributed by atoms with Gasteiger partial charge in [0.15, 0.2) is 0 Å². The van der Waals surface area contributed by atoms with Crippen LogP contribution in [0.25, 0.3) is 0 Å². The summed E-state index contributed by atoms with van der Waals surface area (Å²) in [7, 11) is 0. The van der Waals surface area contributed by atoms with Crippen molar-refractivity contribution in [2.75, 3.05) is 6.61 Å². The molecule has 1 rings (SSSR count). The normalized spacial score (nSPS) is 22.3. The highest BCUT2D eigenvalue weighted by Gasteiger charge is 2.11. The first-order valence-electron chi connectivity index (χ1n) is 5.01. The van der Waals surface area contributed by atoms with Crippen LogP contribution < -0.4 is 5.73 Å². The van der Waals surface area contributed by atoms with E-state index in [4.69, 9.17) is 10.8 Å². The topological polar surface area (TPSA) is 46.2 Å². The molecule has 1 atom stereocenters. The van der Waals surface area contributed by atoms with E-state index in [2.05, 4.69) is 5.41 Å². The minimum absolute atomic E-state index is 0.0434. The molecule has 0 aromatic carbocycles. The van der Waals surface area contributed by atoms with Gasteiger partial charge in [-0.15, -0.1) is 11.8 Å². The summed E-state index contributed by atoms with van der Waals surface area (Å²) in [5, 5.41) is 11.5. The molecule has 1 unspecified atom stereocenters. The minimum atomic E-state index is -0.184. The Labute approximate surface area is 84.6 Å². The quantitative estimate of drug-likeness (QED) is 0.730. The van der Waals surface area contributed by atoms with Crippen LogP contribution in [-0.4, -0.2) is 23.0 Å². The van der Waals surface area contributed by atoms with Crippen molar-refractivity contribution in [1.29, 1.82) is 0 Å². The lowest BCUT2D eigenvalue weighted by atomic mass is 10.0. The highest BCUT2D eigenvalue weighted by Crippen LogP contribution is 2.28. The van der Waals surface area contributed by atoms with Crippen LogP contribution in [0.2, 0.25) is 0 Å². The summed E-state index contributed by atoms with van der Waals surface area (Å²) in [5.74, 6) is 0. The summed E-state index contributed by atoms with van der Waals surface area (Å²) in [6.45, 7) is 0.0434. The number of hydrogen-bond acceptors (Lipinski definition) is 3. The Balaban J connectivity index is 2.13. The van der Waals surface area contributed by atoms with Crippen LogP contribution >= 0.6 is 11.8 Å². The Bertz CT molecular complexity index is 155. The van der Waals surface area contributed by atoms with E-state index in [0.29, 0.717) is 0 Å². The molecule has 0 amide bonds. The van der Waals surface area contributed by atoms with E-state index in [-0.39, 0.29) is 12.6 Å². The largest absolute Gasteiger partial charge is 0.394 e. The van der Waals surface area contributed by atoms with E-state index in [1.807, 2.05) is 17.8 Å². The predicted molar refractivity (Wildman–Crippen MR) is 58.7 cm³/mol. The summed E-state index contributed by atoms with van der Waals surface area (Å²) in [5.41, 5.74) is 5.54. The van der Waals surface area contributed by atoms with Crippen molar-refractivity contribution >= 4 is 11.8 Å². The van der Waals surface area contributed by atoms with Gasteiger partial charge in [-0.1, -0.05) is 25.3 Å².